The van der Waals surface area contributed by atoms with Crippen molar-refractivity contribution in [1.29, 1.82) is 0 Å². The largest absolute Gasteiger partial charge is 0.459 e. The monoisotopic (exact) mass is 156 g/mol. The van der Waals surface area contributed by atoms with Crippen LogP contribution in [0, 0.1) is 0 Å². The van der Waals surface area contributed by atoms with E-state index in [4.69, 9.17) is 10.5 Å². The highest BCUT2D eigenvalue weighted by atomic mass is 16.5. The standard InChI is InChI=1S/C8H16N2O/c1-7(2)5-8(3,4)11-6(9)10-7/h5H2,1-4H3,(H2,9,10). The highest BCUT2D eigenvalue weighted by molar-refractivity contribution is 5.73. The Labute approximate surface area is 67.6 Å². The van der Waals surface area contributed by atoms with Crippen LogP contribution in [-0.4, -0.2) is 17.2 Å². The zero-order valence-electron chi connectivity index (χ0n) is 7.64. The van der Waals surface area contributed by atoms with E-state index in [-0.39, 0.29) is 11.1 Å². The third-order valence-electron chi connectivity index (χ3n) is 1.65. The van der Waals surface area contributed by atoms with Gasteiger partial charge in [0, 0.05) is 6.42 Å². The van der Waals surface area contributed by atoms with E-state index in [0.717, 1.165) is 6.42 Å². The molecule has 0 spiro atoms. The molecule has 1 aliphatic rings. The van der Waals surface area contributed by atoms with E-state index in [9.17, 15) is 0 Å². The number of nitrogens with two attached hydrogens (primary N) is 1. The van der Waals surface area contributed by atoms with E-state index in [1.54, 1.807) is 0 Å². The summed E-state index contributed by atoms with van der Waals surface area (Å²) in [5.74, 6) is 0. The molecule has 2 N–H and O–H groups in total. The van der Waals surface area contributed by atoms with Crippen molar-refractivity contribution in [1.82, 2.24) is 0 Å². The van der Waals surface area contributed by atoms with Gasteiger partial charge in [-0.1, -0.05) is 0 Å². The van der Waals surface area contributed by atoms with E-state index in [1.165, 1.54) is 0 Å². The van der Waals surface area contributed by atoms with Crippen LogP contribution in [0.2, 0.25) is 0 Å². The molecule has 0 aromatic rings. The summed E-state index contributed by atoms with van der Waals surface area (Å²) in [5, 5.41) is 0. The van der Waals surface area contributed by atoms with Gasteiger partial charge in [-0.25, -0.2) is 4.99 Å². The molecule has 3 nitrogen and oxygen atoms in total. The summed E-state index contributed by atoms with van der Waals surface area (Å²) < 4.78 is 5.34. The summed E-state index contributed by atoms with van der Waals surface area (Å²) in [6, 6.07) is 0.311. The summed E-state index contributed by atoms with van der Waals surface area (Å²) in [4.78, 5) is 4.18. The molecule has 0 saturated carbocycles. The predicted molar refractivity (Wildman–Crippen MR) is 45.5 cm³/mol. The van der Waals surface area contributed by atoms with Gasteiger partial charge in [0.05, 0.1) is 5.54 Å². The Morgan fingerprint density at radius 1 is 1.36 bits per heavy atom. The minimum absolute atomic E-state index is 0.0775. The van der Waals surface area contributed by atoms with Gasteiger partial charge in [0.15, 0.2) is 0 Å². The van der Waals surface area contributed by atoms with Crippen LogP contribution < -0.4 is 5.73 Å². The fourth-order valence-electron chi connectivity index (χ4n) is 1.72. The van der Waals surface area contributed by atoms with Gasteiger partial charge in [0.2, 0.25) is 0 Å². The first-order valence-corrected chi connectivity index (χ1v) is 3.85. The molecule has 1 rings (SSSR count). The van der Waals surface area contributed by atoms with E-state index in [0.29, 0.717) is 6.02 Å². The quantitative estimate of drug-likeness (QED) is 0.574. The second-order valence-corrected chi connectivity index (χ2v) is 4.30. The number of hydrogen-bond acceptors (Lipinski definition) is 3. The van der Waals surface area contributed by atoms with Crippen molar-refractivity contribution in [3.05, 3.63) is 0 Å². The second kappa shape index (κ2) is 2.13. The third-order valence-corrected chi connectivity index (χ3v) is 1.65. The highest BCUT2D eigenvalue weighted by Gasteiger charge is 2.35. The van der Waals surface area contributed by atoms with Gasteiger partial charge in [-0.3, -0.25) is 0 Å². The highest BCUT2D eigenvalue weighted by Crippen LogP contribution is 2.30. The van der Waals surface area contributed by atoms with Gasteiger partial charge >= 0.3 is 0 Å². The Morgan fingerprint density at radius 2 is 1.91 bits per heavy atom. The smallest absolute Gasteiger partial charge is 0.282 e. The molecule has 0 aromatic heterocycles. The van der Waals surface area contributed by atoms with E-state index >= 15 is 0 Å². The van der Waals surface area contributed by atoms with Crippen LogP contribution in [0.5, 0.6) is 0 Å². The van der Waals surface area contributed by atoms with Crippen LogP contribution in [0.15, 0.2) is 4.99 Å². The van der Waals surface area contributed by atoms with Crippen molar-refractivity contribution in [3.63, 3.8) is 0 Å². The van der Waals surface area contributed by atoms with Crippen molar-refractivity contribution in [2.24, 2.45) is 10.7 Å². The molecule has 0 saturated heterocycles. The molecule has 0 amide bonds. The van der Waals surface area contributed by atoms with Crippen LogP contribution in [0.1, 0.15) is 34.1 Å². The molecule has 0 atom stereocenters. The molecule has 64 valence electrons. The average molecular weight is 156 g/mol. The van der Waals surface area contributed by atoms with Crippen molar-refractivity contribution in [2.75, 3.05) is 0 Å². The lowest BCUT2D eigenvalue weighted by Crippen LogP contribution is -2.44. The molecule has 1 heterocycles. The van der Waals surface area contributed by atoms with Crippen molar-refractivity contribution < 1.29 is 4.74 Å². The van der Waals surface area contributed by atoms with Crippen LogP contribution in [0.25, 0.3) is 0 Å². The van der Waals surface area contributed by atoms with Crippen molar-refractivity contribution in [2.45, 2.75) is 45.3 Å². The minimum Gasteiger partial charge on any atom is -0.459 e. The van der Waals surface area contributed by atoms with Crippen LogP contribution in [-0.2, 0) is 4.74 Å². The fourth-order valence-corrected chi connectivity index (χ4v) is 1.72. The Bertz CT molecular complexity index is 194. The molecule has 1 aliphatic heterocycles. The van der Waals surface area contributed by atoms with E-state index in [2.05, 4.69) is 18.8 Å². The maximum absolute atomic E-state index is 5.51. The molecule has 0 unspecified atom stereocenters. The lowest BCUT2D eigenvalue weighted by atomic mass is 9.89. The SMILES string of the molecule is CC1(C)CC(C)(C)OC(N)=N1. The molecule has 11 heavy (non-hydrogen) atoms. The first-order valence-electron chi connectivity index (χ1n) is 3.85. The summed E-state index contributed by atoms with van der Waals surface area (Å²) in [6.45, 7) is 8.17. The van der Waals surface area contributed by atoms with Crippen molar-refractivity contribution in [3.8, 4) is 0 Å². The Balaban J connectivity index is 2.86. The second-order valence-electron chi connectivity index (χ2n) is 4.30. The van der Waals surface area contributed by atoms with Gasteiger partial charge in [-0.05, 0) is 27.7 Å². The van der Waals surface area contributed by atoms with Crippen molar-refractivity contribution >= 4 is 6.02 Å². The maximum atomic E-state index is 5.51. The Morgan fingerprint density at radius 3 is 2.27 bits per heavy atom. The number of amidine groups is 1. The molecule has 0 aromatic carbocycles. The molecule has 0 fully saturated rings. The molecule has 3 heteroatoms. The number of nitrogens with zero attached hydrogens (tertiary/aromatic N) is 1. The summed E-state index contributed by atoms with van der Waals surface area (Å²) in [7, 11) is 0. The number of rotatable bonds is 0. The third kappa shape index (κ3) is 2.10. The zero-order valence-corrected chi connectivity index (χ0v) is 7.64. The average Bonchev–Trinajstić information content (AvgIpc) is 1.49. The normalized spacial score (nSPS) is 27.1. The Hall–Kier alpha value is -0.730. The summed E-state index contributed by atoms with van der Waals surface area (Å²) >= 11 is 0. The first kappa shape index (κ1) is 8.37. The summed E-state index contributed by atoms with van der Waals surface area (Å²) in [5.41, 5.74) is 5.26. The topological polar surface area (TPSA) is 47.6 Å². The number of ether oxygens (including phenoxy) is 1. The molecule has 0 aliphatic carbocycles. The fraction of sp³-hybridized carbons (Fsp3) is 0.875. The number of hydrogen-bond donors (Lipinski definition) is 1. The van der Waals surface area contributed by atoms with Gasteiger partial charge in [-0.15, -0.1) is 0 Å². The first-order chi connectivity index (χ1) is 4.81. The minimum atomic E-state index is -0.171. The predicted octanol–water partition coefficient (Wildman–Crippen LogP) is 1.28. The maximum Gasteiger partial charge on any atom is 0.282 e. The lowest BCUT2D eigenvalue weighted by Gasteiger charge is -2.37. The van der Waals surface area contributed by atoms with Gasteiger partial charge in [0.1, 0.15) is 5.60 Å². The van der Waals surface area contributed by atoms with E-state index in [1.807, 2.05) is 13.8 Å². The Kier molecular flexibility index (Phi) is 1.62. The molecular weight excluding hydrogens is 140 g/mol. The van der Waals surface area contributed by atoms with E-state index < -0.39 is 0 Å². The molecule has 0 bridgehead atoms. The van der Waals surface area contributed by atoms with Gasteiger partial charge in [-0.2, -0.15) is 0 Å². The zero-order chi connectivity index (χ0) is 8.70. The molecular formula is C8H16N2O. The van der Waals surface area contributed by atoms with Gasteiger partial charge in [0.25, 0.3) is 6.02 Å². The summed E-state index contributed by atoms with van der Waals surface area (Å²) in [6.07, 6.45) is 0.903. The molecule has 0 radical (unpaired) electrons. The van der Waals surface area contributed by atoms with Crippen LogP contribution in [0.4, 0.5) is 0 Å². The van der Waals surface area contributed by atoms with Crippen LogP contribution in [0.3, 0.4) is 0 Å². The lowest BCUT2D eigenvalue weighted by molar-refractivity contribution is 0.0440. The van der Waals surface area contributed by atoms with Gasteiger partial charge < -0.3 is 10.5 Å². The number of aliphatic imine (C=N–C) groups is 1. The van der Waals surface area contributed by atoms with Crippen LogP contribution >= 0.6 is 0 Å².